The van der Waals surface area contributed by atoms with Crippen molar-refractivity contribution in [2.75, 3.05) is 31.5 Å². The van der Waals surface area contributed by atoms with Gasteiger partial charge < -0.3 is 10.6 Å². The lowest BCUT2D eigenvalue weighted by Crippen LogP contribution is -2.44. The molecule has 1 saturated heterocycles. The van der Waals surface area contributed by atoms with Crippen molar-refractivity contribution < 1.29 is 13.2 Å². The minimum atomic E-state index is -3.54. The van der Waals surface area contributed by atoms with Crippen LogP contribution < -0.4 is 15.4 Å². The van der Waals surface area contributed by atoms with E-state index in [1.54, 1.807) is 12.1 Å². The Balaban J connectivity index is 1.83. The molecule has 3 N–H and O–H groups in total. The van der Waals surface area contributed by atoms with E-state index >= 15 is 0 Å². The molecule has 0 spiro atoms. The number of hydrogen-bond donors (Lipinski definition) is 3. The molecule has 0 atom stereocenters. The molecule has 1 aliphatic heterocycles. The van der Waals surface area contributed by atoms with Crippen LogP contribution >= 0.6 is 0 Å². The van der Waals surface area contributed by atoms with E-state index in [9.17, 15) is 13.2 Å². The Morgan fingerprint density at radius 2 is 1.90 bits per heavy atom. The number of sulfonamides is 1. The fourth-order valence-electron chi connectivity index (χ4n) is 3.34. The molecule has 2 rings (SSSR count). The lowest BCUT2D eigenvalue weighted by molar-refractivity contribution is -0.122. The third kappa shape index (κ3) is 7.56. The van der Waals surface area contributed by atoms with Gasteiger partial charge in [-0.05, 0) is 44.2 Å². The molecule has 1 aromatic heterocycles. The summed E-state index contributed by atoms with van der Waals surface area (Å²) in [4.78, 5) is 18.5. The maximum Gasteiger partial charge on any atom is 0.242 e. The maximum absolute atomic E-state index is 12.4. The second-order valence-corrected chi connectivity index (χ2v) is 9.27. The summed E-state index contributed by atoms with van der Waals surface area (Å²) in [6.07, 6.45) is 5.68. The van der Waals surface area contributed by atoms with Crippen LogP contribution in [-0.4, -0.2) is 62.5 Å². The van der Waals surface area contributed by atoms with E-state index < -0.39 is 10.0 Å². The van der Waals surface area contributed by atoms with E-state index in [2.05, 4.69) is 25.2 Å². The van der Waals surface area contributed by atoms with E-state index in [0.29, 0.717) is 12.4 Å². The number of rotatable bonds is 11. The highest BCUT2D eigenvalue weighted by Crippen LogP contribution is 2.17. The number of pyridine rings is 1. The van der Waals surface area contributed by atoms with Crippen LogP contribution in [0.15, 0.2) is 23.2 Å². The molecule has 2 heterocycles. The van der Waals surface area contributed by atoms with Gasteiger partial charge in [-0.15, -0.1) is 0 Å². The molecular formula is C20H35N5O3S. The van der Waals surface area contributed by atoms with E-state index in [1.165, 1.54) is 6.20 Å². The van der Waals surface area contributed by atoms with Crippen molar-refractivity contribution >= 4 is 21.7 Å². The number of piperidine rings is 1. The van der Waals surface area contributed by atoms with Crippen molar-refractivity contribution in [3.63, 3.8) is 0 Å². The first-order valence-corrected chi connectivity index (χ1v) is 12.1. The Kier molecular flexibility index (Phi) is 9.32. The van der Waals surface area contributed by atoms with E-state index in [-0.39, 0.29) is 22.9 Å². The van der Waals surface area contributed by atoms with E-state index in [0.717, 1.165) is 51.7 Å². The van der Waals surface area contributed by atoms with E-state index in [1.807, 2.05) is 20.8 Å². The standard InChI is InChI=1S/C20H35N5O3S/c1-4-11-21-20(26)15-25-12-9-17(10-13-25)23-19-8-7-18(14-22-19)29(27,28)24-16(5-2)6-3/h7-8,14,16-17,24H,4-6,9-13,15H2,1-3H3,(H,21,26)(H,22,23). The molecule has 0 aliphatic carbocycles. The second-order valence-electron chi connectivity index (χ2n) is 7.56. The summed E-state index contributed by atoms with van der Waals surface area (Å²) < 4.78 is 27.6. The molecule has 0 bridgehead atoms. The average Bonchev–Trinajstić information content (AvgIpc) is 2.72. The van der Waals surface area contributed by atoms with Gasteiger partial charge in [-0.3, -0.25) is 9.69 Å². The zero-order chi connectivity index (χ0) is 21.3. The smallest absolute Gasteiger partial charge is 0.242 e. The molecule has 1 aliphatic rings. The van der Waals surface area contributed by atoms with Crippen LogP contribution in [0.5, 0.6) is 0 Å². The van der Waals surface area contributed by atoms with Gasteiger partial charge >= 0.3 is 0 Å². The third-order valence-corrected chi connectivity index (χ3v) is 6.74. The molecule has 0 aromatic carbocycles. The SMILES string of the molecule is CCCNC(=O)CN1CCC(Nc2ccc(S(=O)(=O)NC(CC)CC)cn2)CC1. The van der Waals surface area contributed by atoms with Gasteiger partial charge in [-0.1, -0.05) is 20.8 Å². The van der Waals surface area contributed by atoms with Crippen molar-refractivity contribution in [1.82, 2.24) is 19.9 Å². The number of nitrogens with one attached hydrogen (secondary N) is 3. The van der Waals surface area contributed by atoms with Crippen LogP contribution in [0.3, 0.4) is 0 Å². The quantitative estimate of drug-likeness (QED) is 0.501. The molecule has 8 nitrogen and oxygen atoms in total. The number of carbonyl (C=O) groups excluding carboxylic acids is 1. The van der Waals surface area contributed by atoms with Crippen LogP contribution in [0.2, 0.25) is 0 Å². The number of nitrogens with zero attached hydrogens (tertiary/aromatic N) is 2. The molecular weight excluding hydrogens is 390 g/mol. The fourth-order valence-corrected chi connectivity index (χ4v) is 4.68. The Labute approximate surface area is 174 Å². The molecule has 164 valence electrons. The predicted octanol–water partition coefficient (Wildman–Crippen LogP) is 1.95. The lowest BCUT2D eigenvalue weighted by Gasteiger charge is -2.32. The summed E-state index contributed by atoms with van der Waals surface area (Å²) >= 11 is 0. The van der Waals surface area contributed by atoms with Gasteiger partial charge in [0.1, 0.15) is 10.7 Å². The molecule has 0 radical (unpaired) electrons. The van der Waals surface area contributed by atoms with Gasteiger partial charge in [-0.25, -0.2) is 18.1 Å². The van der Waals surface area contributed by atoms with Gasteiger partial charge in [0.25, 0.3) is 0 Å². The van der Waals surface area contributed by atoms with Gasteiger partial charge in [0.05, 0.1) is 6.54 Å². The summed E-state index contributed by atoms with van der Waals surface area (Å²) in [5, 5.41) is 6.28. The summed E-state index contributed by atoms with van der Waals surface area (Å²) in [5.41, 5.74) is 0. The number of carbonyl (C=O) groups is 1. The van der Waals surface area contributed by atoms with Crippen LogP contribution in [0.25, 0.3) is 0 Å². The first kappa shape index (κ1) is 23.6. The Morgan fingerprint density at radius 1 is 1.21 bits per heavy atom. The Morgan fingerprint density at radius 3 is 2.45 bits per heavy atom. The summed E-state index contributed by atoms with van der Waals surface area (Å²) in [6.45, 7) is 8.83. The van der Waals surface area contributed by atoms with Gasteiger partial charge in [0, 0.05) is 37.9 Å². The van der Waals surface area contributed by atoms with E-state index in [4.69, 9.17) is 0 Å². The molecule has 9 heteroatoms. The number of aromatic nitrogens is 1. The molecule has 1 fully saturated rings. The minimum Gasteiger partial charge on any atom is -0.367 e. The minimum absolute atomic E-state index is 0.0629. The first-order chi connectivity index (χ1) is 13.9. The van der Waals surface area contributed by atoms with Crippen molar-refractivity contribution in [1.29, 1.82) is 0 Å². The van der Waals surface area contributed by atoms with Crippen LogP contribution in [-0.2, 0) is 14.8 Å². The zero-order valence-corrected chi connectivity index (χ0v) is 18.6. The summed E-state index contributed by atoms with van der Waals surface area (Å²) in [5.74, 6) is 0.754. The van der Waals surface area contributed by atoms with Crippen molar-refractivity contribution in [2.24, 2.45) is 0 Å². The number of amides is 1. The zero-order valence-electron chi connectivity index (χ0n) is 17.8. The molecule has 1 aromatic rings. The molecule has 29 heavy (non-hydrogen) atoms. The number of likely N-dealkylation sites (tertiary alicyclic amines) is 1. The predicted molar refractivity (Wildman–Crippen MR) is 115 cm³/mol. The lowest BCUT2D eigenvalue weighted by atomic mass is 10.1. The maximum atomic E-state index is 12.4. The van der Waals surface area contributed by atoms with Crippen molar-refractivity contribution in [3.05, 3.63) is 18.3 Å². The molecule has 1 amide bonds. The third-order valence-electron chi connectivity index (χ3n) is 5.23. The van der Waals surface area contributed by atoms with Crippen LogP contribution in [0, 0.1) is 0 Å². The monoisotopic (exact) mass is 425 g/mol. The van der Waals surface area contributed by atoms with Crippen molar-refractivity contribution in [3.8, 4) is 0 Å². The second kappa shape index (κ2) is 11.5. The average molecular weight is 426 g/mol. The van der Waals surface area contributed by atoms with Crippen molar-refractivity contribution in [2.45, 2.75) is 69.9 Å². The van der Waals surface area contributed by atoms with Gasteiger partial charge in [0.15, 0.2) is 0 Å². The normalized spacial score (nSPS) is 16.1. The highest BCUT2D eigenvalue weighted by Gasteiger charge is 2.22. The van der Waals surface area contributed by atoms with Crippen LogP contribution in [0.1, 0.15) is 52.9 Å². The molecule has 0 saturated carbocycles. The number of anilines is 1. The fraction of sp³-hybridized carbons (Fsp3) is 0.700. The van der Waals surface area contributed by atoms with Crippen LogP contribution in [0.4, 0.5) is 5.82 Å². The molecule has 0 unspecified atom stereocenters. The summed E-state index contributed by atoms with van der Waals surface area (Å²) in [6, 6.07) is 3.51. The Hall–Kier alpha value is -1.71. The Bertz CT molecular complexity index is 727. The van der Waals surface area contributed by atoms with Gasteiger partial charge in [-0.2, -0.15) is 0 Å². The highest BCUT2D eigenvalue weighted by atomic mass is 32.2. The first-order valence-electron chi connectivity index (χ1n) is 10.6. The topological polar surface area (TPSA) is 103 Å². The highest BCUT2D eigenvalue weighted by molar-refractivity contribution is 7.89. The summed E-state index contributed by atoms with van der Waals surface area (Å²) in [7, 11) is -3.54. The number of hydrogen-bond acceptors (Lipinski definition) is 6. The largest absolute Gasteiger partial charge is 0.367 e. The van der Waals surface area contributed by atoms with Gasteiger partial charge in [0.2, 0.25) is 15.9 Å².